The summed E-state index contributed by atoms with van der Waals surface area (Å²) in [6, 6.07) is 2.39. The molecule has 2 aliphatic rings. The first-order chi connectivity index (χ1) is 14.1. The minimum Gasteiger partial charge on any atom is -0.352 e. The van der Waals surface area contributed by atoms with Crippen molar-refractivity contribution >= 4 is 33.4 Å². The van der Waals surface area contributed by atoms with Crippen LogP contribution in [0, 0.1) is 6.92 Å². The predicted molar refractivity (Wildman–Crippen MR) is 107 cm³/mol. The van der Waals surface area contributed by atoms with Crippen LogP contribution in [0.1, 0.15) is 40.7 Å². The summed E-state index contributed by atoms with van der Waals surface area (Å²) in [7, 11) is 0. The van der Waals surface area contributed by atoms with Crippen LogP contribution >= 0.6 is 11.3 Å². The lowest BCUT2D eigenvalue weighted by Crippen LogP contribution is -2.55. The molecule has 30 heavy (non-hydrogen) atoms. The van der Waals surface area contributed by atoms with Crippen molar-refractivity contribution in [3.63, 3.8) is 0 Å². The van der Waals surface area contributed by atoms with Gasteiger partial charge in [-0.25, -0.2) is 4.98 Å². The molecule has 1 unspecified atom stereocenters. The average molecular weight is 440 g/mol. The molecule has 6 nitrogen and oxygen atoms in total. The van der Waals surface area contributed by atoms with E-state index in [0.29, 0.717) is 48.0 Å². The fraction of sp³-hybridized carbons (Fsp3) is 0.550. The first-order valence-corrected chi connectivity index (χ1v) is 10.8. The van der Waals surface area contributed by atoms with Gasteiger partial charge in [0, 0.05) is 37.6 Å². The fourth-order valence-corrected chi connectivity index (χ4v) is 4.78. The standard InChI is InChI=1S/C20H23F3N4O2S/c1-11-14-5-6-15(20(21,22)23)25-18(14)30-16(11)19(29)27-9-7-26(8-10-27)12(2)17(28)24-13-3-4-13/h5-6,12-13H,3-4,7-10H2,1-2H3,(H,24,28). The summed E-state index contributed by atoms with van der Waals surface area (Å²) in [6.45, 7) is 5.69. The maximum atomic E-state index is 13.0. The van der Waals surface area contributed by atoms with E-state index in [1.54, 1.807) is 11.8 Å². The Morgan fingerprint density at radius 3 is 2.47 bits per heavy atom. The Bertz CT molecular complexity index is 978. The molecule has 2 fully saturated rings. The van der Waals surface area contributed by atoms with Crippen LogP contribution in [0.15, 0.2) is 12.1 Å². The number of aromatic nitrogens is 1. The highest BCUT2D eigenvalue weighted by Gasteiger charge is 2.34. The number of nitrogens with zero attached hydrogens (tertiary/aromatic N) is 3. The number of carbonyl (C=O) groups is 2. The Kier molecular flexibility index (Phi) is 5.48. The number of amides is 2. The maximum absolute atomic E-state index is 13.0. The van der Waals surface area contributed by atoms with E-state index in [2.05, 4.69) is 15.2 Å². The second-order valence-electron chi connectivity index (χ2n) is 7.89. The second kappa shape index (κ2) is 7.81. The normalized spacial score (nSPS) is 19.2. The van der Waals surface area contributed by atoms with Crippen LogP contribution in [0.4, 0.5) is 13.2 Å². The van der Waals surface area contributed by atoms with Gasteiger partial charge in [0.2, 0.25) is 5.91 Å². The number of thiophene rings is 1. The molecule has 2 aromatic heterocycles. The SMILES string of the molecule is Cc1c(C(=O)N2CCN(C(C)C(=O)NC3CC3)CC2)sc2nc(C(F)(F)F)ccc12. The fourth-order valence-electron chi connectivity index (χ4n) is 3.63. The van der Waals surface area contributed by atoms with Crippen molar-refractivity contribution in [2.45, 2.75) is 44.9 Å². The lowest BCUT2D eigenvalue weighted by molar-refractivity contribution is -0.141. The Labute approximate surface area is 176 Å². The predicted octanol–water partition coefficient (Wildman–Crippen LogP) is 3.05. The highest BCUT2D eigenvalue weighted by atomic mass is 32.1. The van der Waals surface area contributed by atoms with E-state index in [1.807, 2.05) is 6.92 Å². The van der Waals surface area contributed by atoms with Crippen molar-refractivity contribution in [2.75, 3.05) is 26.2 Å². The average Bonchev–Trinajstić information content (AvgIpc) is 3.47. The molecule has 0 aromatic carbocycles. The molecule has 1 atom stereocenters. The molecule has 1 saturated carbocycles. The van der Waals surface area contributed by atoms with Crippen LogP contribution in [0.3, 0.4) is 0 Å². The molecule has 1 N–H and O–H groups in total. The summed E-state index contributed by atoms with van der Waals surface area (Å²) in [6.07, 6.45) is -2.45. The van der Waals surface area contributed by atoms with Gasteiger partial charge in [-0.1, -0.05) is 0 Å². The van der Waals surface area contributed by atoms with E-state index < -0.39 is 11.9 Å². The lowest BCUT2D eigenvalue weighted by atomic mass is 10.1. The number of nitrogens with one attached hydrogen (secondary N) is 1. The topological polar surface area (TPSA) is 65.5 Å². The maximum Gasteiger partial charge on any atom is 0.433 e. The summed E-state index contributed by atoms with van der Waals surface area (Å²) in [4.78, 5) is 33.4. The minimum atomic E-state index is -4.52. The molecule has 0 radical (unpaired) electrons. The van der Waals surface area contributed by atoms with E-state index in [4.69, 9.17) is 0 Å². The summed E-state index contributed by atoms with van der Waals surface area (Å²) in [5, 5.41) is 3.57. The smallest absolute Gasteiger partial charge is 0.352 e. The van der Waals surface area contributed by atoms with E-state index >= 15 is 0 Å². The van der Waals surface area contributed by atoms with Gasteiger partial charge in [0.1, 0.15) is 10.5 Å². The number of hydrogen-bond donors (Lipinski definition) is 1. The van der Waals surface area contributed by atoms with Crippen LogP contribution in [0.2, 0.25) is 0 Å². The molecule has 10 heteroatoms. The number of fused-ring (bicyclic) bond motifs is 1. The number of rotatable bonds is 4. The van der Waals surface area contributed by atoms with Gasteiger partial charge in [0.15, 0.2) is 0 Å². The molecule has 0 bridgehead atoms. The van der Waals surface area contributed by atoms with Gasteiger partial charge < -0.3 is 10.2 Å². The van der Waals surface area contributed by atoms with Crippen molar-refractivity contribution in [1.29, 1.82) is 0 Å². The molecule has 1 saturated heterocycles. The monoisotopic (exact) mass is 440 g/mol. The van der Waals surface area contributed by atoms with Gasteiger partial charge in [-0.05, 0) is 44.4 Å². The van der Waals surface area contributed by atoms with Crippen molar-refractivity contribution < 1.29 is 22.8 Å². The molecular formula is C20H23F3N4O2S. The lowest BCUT2D eigenvalue weighted by Gasteiger charge is -2.37. The Balaban J connectivity index is 1.44. The highest BCUT2D eigenvalue weighted by Crippen LogP contribution is 2.34. The first kappa shape index (κ1) is 21.0. The number of pyridine rings is 1. The number of aryl methyl sites for hydroxylation is 1. The molecule has 1 aliphatic heterocycles. The van der Waals surface area contributed by atoms with Gasteiger partial charge in [0.25, 0.3) is 5.91 Å². The molecule has 1 aliphatic carbocycles. The van der Waals surface area contributed by atoms with Gasteiger partial charge in [-0.2, -0.15) is 13.2 Å². The van der Waals surface area contributed by atoms with Crippen molar-refractivity contribution in [1.82, 2.24) is 20.1 Å². The number of hydrogen-bond acceptors (Lipinski definition) is 5. The van der Waals surface area contributed by atoms with Gasteiger partial charge in [-0.15, -0.1) is 11.3 Å². The molecule has 0 spiro atoms. The molecule has 2 aromatic rings. The molecular weight excluding hydrogens is 417 g/mol. The zero-order valence-corrected chi connectivity index (χ0v) is 17.6. The van der Waals surface area contributed by atoms with Crippen LogP contribution in [-0.4, -0.2) is 64.9 Å². The number of halogens is 3. The number of carbonyl (C=O) groups excluding carboxylic acids is 2. The van der Waals surface area contributed by atoms with Crippen LogP contribution in [0.25, 0.3) is 10.2 Å². The van der Waals surface area contributed by atoms with Crippen LogP contribution < -0.4 is 5.32 Å². The van der Waals surface area contributed by atoms with Crippen LogP contribution in [0.5, 0.6) is 0 Å². The highest BCUT2D eigenvalue weighted by molar-refractivity contribution is 7.20. The van der Waals surface area contributed by atoms with Gasteiger partial charge in [0.05, 0.1) is 10.9 Å². The molecule has 2 amide bonds. The third-order valence-electron chi connectivity index (χ3n) is 5.74. The Hall–Kier alpha value is -2.20. The van der Waals surface area contributed by atoms with E-state index in [9.17, 15) is 22.8 Å². The summed E-state index contributed by atoms with van der Waals surface area (Å²) in [5.74, 6) is -0.178. The number of piperazine rings is 1. The molecule has 3 heterocycles. The van der Waals surface area contributed by atoms with Crippen molar-refractivity contribution in [3.8, 4) is 0 Å². The summed E-state index contributed by atoms with van der Waals surface area (Å²) >= 11 is 1.00. The van der Waals surface area contributed by atoms with Gasteiger partial charge >= 0.3 is 6.18 Å². The quantitative estimate of drug-likeness (QED) is 0.794. The Morgan fingerprint density at radius 2 is 1.87 bits per heavy atom. The van der Waals surface area contributed by atoms with Gasteiger partial charge in [-0.3, -0.25) is 14.5 Å². The van der Waals surface area contributed by atoms with E-state index in [-0.39, 0.29) is 22.7 Å². The zero-order chi connectivity index (χ0) is 21.6. The van der Waals surface area contributed by atoms with E-state index in [1.165, 1.54) is 6.07 Å². The Morgan fingerprint density at radius 1 is 1.20 bits per heavy atom. The summed E-state index contributed by atoms with van der Waals surface area (Å²) < 4.78 is 38.8. The minimum absolute atomic E-state index is 0.0178. The van der Waals surface area contributed by atoms with Crippen molar-refractivity contribution in [3.05, 3.63) is 28.3 Å². The largest absolute Gasteiger partial charge is 0.433 e. The first-order valence-electron chi connectivity index (χ1n) is 9.96. The van der Waals surface area contributed by atoms with Crippen molar-refractivity contribution in [2.24, 2.45) is 0 Å². The summed E-state index contributed by atoms with van der Waals surface area (Å²) in [5.41, 5.74) is -0.303. The van der Waals surface area contributed by atoms with Crippen LogP contribution in [-0.2, 0) is 11.0 Å². The zero-order valence-electron chi connectivity index (χ0n) is 16.8. The number of alkyl halides is 3. The third kappa shape index (κ3) is 4.15. The molecule has 4 rings (SSSR count). The third-order valence-corrected chi connectivity index (χ3v) is 6.93. The second-order valence-corrected chi connectivity index (χ2v) is 8.89. The van der Waals surface area contributed by atoms with E-state index in [0.717, 1.165) is 30.2 Å². The molecule has 162 valence electrons.